The quantitative estimate of drug-likeness (QED) is 0.535. The van der Waals surface area contributed by atoms with Gasteiger partial charge in [-0.3, -0.25) is 9.00 Å². The van der Waals surface area contributed by atoms with Crippen molar-refractivity contribution in [3.63, 3.8) is 0 Å². The third-order valence-corrected chi connectivity index (χ3v) is 5.73. The van der Waals surface area contributed by atoms with Gasteiger partial charge in [0, 0.05) is 36.5 Å². The minimum atomic E-state index is -2.30. The van der Waals surface area contributed by atoms with Crippen LogP contribution < -0.4 is 15.8 Å². The highest BCUT2D eigenvalue weighted by Crippen LogP contribution is 2.27. The zero-order valence-corrected chi connectivity index (χ0v) is 16.3. The second-order valence-corrected chi connectivity index (χ2v) is 7.88. The van der Waals surface area contributed by atoms with Crippen LogP contribution in [-0.2, 0) is 11.1 Å². The molecule has 1 aliphatic rings. The number of pyridine rings is 1. The Balaban J connectivity index is 1.71. The molecule has 1 aromatic carbocycles. The first-order valence-electron chi connectivity index (χ1n) is 9.27. The molecule has 0 spiro atoms. The minimum absolute atomic E-state index is 0.174. The molecule has 1 saturated heterocycles. The third kappa shape index (κ3) is 4.14. The second-order valence-electron chi connectivity index (χ2n) is 6.94. The van der Waals surface area contributed by atoms with E-state index in [-0.39, 0.29) is 23.0 Å². The van der Waals surface area contributed by atoms with E-state index in [0.717, 1.165) is 25.9 Å². The summed E-state index contributed by atoms with van der Waals surface area (Å²) in [5, 5.41) is 12.8. The van der Waals surface area contributed by atoms with Crippen LogP contribution in [0, 0.1) is 5.92 Å². The van der Waals surface area contributed by atoms with E-state index in [9.17, 15) is 18.7 Å². The zero-order chi connectivity index (χ0) is 20.4. The molecule has 1 atom stereocenters. The van der Waals surface area contributed by atoms with Gasteiger partial charge in [-0.1, -0.05) is 0 Å². The Kier molecular flexibility index (Phi) is 5.56. The normalized spacial score (nSPS) is 16.1. The van der Waals surface area contributed by atoms with Crippen molar-refractivity contribution in [2.24, 2.45) is 5.92 Å². The minimum Gasteiger partial charge on any atom is -0.768 e. The molecule has 2 aromatic heterocycles. The molecule has 0 bridgehead atoms. The molecule has 1 aliphatic heterocycles. The molecular formula is C19H20N5O4S-. The van der Waals surface area contributed by atoms with E-state index >= 15 is 0 Å². The Morgan fingerprint density at radius 1 is 1.21 bits per heavy atom. The van der Waals surface area contributed by atoms with E-state index in [0.29, 0.717) is 28.4 Å². The fraction of sp³-hybridized carbons (Fsp3) is 0.316. The lowest BCUT2D eigenvalue weighted by Gasteiger charge is -2.31. The van der Waals surface area contributed by atoms with Crippen molar-refractivity contribution in [3.05, 3.63) is 46.9 Å². The summed E-state index contributed by atoms with van der Waals surface area (Å²) in [6.07, 6.45) is 3.25. The van der Waals surface area contributed by atoms with Crippen molar-refractivity contribution in [2.45, 2.75) is 17.7 Å². The number of benzene rings is 1. The Morgan fingerprint density at radius 2 is 1.93 bits per heavy atom. The van der Waals surface area contributed by atoms with Crippen LogP contribution in [0.3, 0.4) is 0 Å². The maximum atomic E-state index is 12.4. The molecule has 9 nitrogen and oxygen atoms in total. The van der Waals surface area contributed by atoms with Crippen molar-refractivity contribution in [3.8, 4) is 0 Å². The molecular weight excluding hydrogens is 394 g/mol. The predicted molar refractivity (Wildman–Crippen MR) is 109 cm³/mol. The standard InChI is InChI=1S/C19H21N5O4S/c25-11-12-6-9-24(10-7-12)19-22-15-5-8-20-18(26)16(15)17(23-19)21-13-1-3-14(4-2-13)29(27)28/h1-5,8,12,25H,6-7,9-11H2,(H,20,26)(H,27,28)(H,21,22,23)/p-1. The highest BCUT2D eigenvalue weighted by molar-refractivity contribution is 7.79. The van der Waals surface area contributed by atoms with Gasteiger partial charge in [0.1, 0.15) is 11.2 Å². The van der Waals surface area contributed by atoms with Gasteiger partial charge in [0.25, 0.3) is 5.56 Å². The molecule has 0 saturated carbocycles. The molecule has 0 aliphatic carbocycles. The number of aliphatic hydroxyl groups excluding tert-OH is 1. The largest absolute Gasteiger partial charge is 0.768 e. The van der Waals surface area contributed by atoms with Gasteiger partial charge in [0.2, 0.25) is 5.95 Å². The molecule has 10 heteroatoms. The van der Waals surface area contributed by atoms with E-state index in [1.165, 1.54) is 12.1 Å². The molecule has 0 radical (unpaired) electrons. The predicted octanol–water partition coefficient (Wildman–Crippen LogP) is 1.51. The fourth-order valence-electron chi connectivity index (χ4n) is 3.41. The van der Waals surface area contributed by atoms with Crippen LogP contribution in [0.25, 0.3) is 10.9 Å². The van der Waals surface area contributed by atoms with Crippen molar-refractivity contribution < 1.29 is 13.9 Å². The molecule has 1 unspecified atom stereocenters. The number of nitrogens with one attached hydrogen (secondary N) is 2. The number of piperidine rings is 1. The zero-order valence-electron chi connectivity index (χ0n) is 15.5. The van der Waals surface area contributed by atoms with Crippen LogP contribution in [0.2, 0.25) is 0 Å². The van der Waals surface area contributed by atoms with Crippen LogP contribution >= 0.6 is 0 Å². The summed E-state index contributed by atoms with van der Waals surface area (Å²) in [6.45, 7) is 1.63. The molecule has 3 heterocycles. The molecule has 3 N–H and O–H groups in total. The Bertz CT molecular complexity index is 1090. The lowest BCUT2D eigenvalue weighted by Crippen LogP contribution is -2.36. The number of rotatable bonds is 5. The van der Waals surface area contributed by atoms with Crippen molar-refractivity contribution in [1.82, 2.24) is 15.0 Å². The topological polar surface area (TPSA) is 134 Å². The van der Waals surface area contributed by atoms with Crippen molar-refractivity contribution >= 4 is 39.4 Å². The highest BCUT2D eigenvalue weighted by Gasteiger charge is 2.22. The van der Waals surface area contributed by atoms with Gasteiger partial charge in [0.15, 0.2) is 0 Å². The number of nitrogens with zero attached hydrogens (tertiary/aromatic N) is 3. The molecule has 4 rings (SSSR count). The van der Waals surface area contributed by atoms with Crippen LogP contribution in [0.5, 0.6) is 0 Å². The summed E-state index contributed by atoms with van der Waals surface area (Å²) < 4.78 is 22.1. The Hall–Kier alpha value is -2.82. The number of fused-ring (bicyclic) bond motifs is 1. The van der Waals surface area contributed by atoms with Crippen LogP contribution in [0.15, 0.2) is 46.2 Å². The summed E-state index contributed by atoms with van der Waals surface area (Å²) in [7, 11) is 0. The smallest absolute Gasteiger partial charge is 0.261 e. The SMILES string of the molecule is O=c1[nH]ccc2nc(N3CCC(CO)CC3)nc(Nc3ccc(S(=O)[O-])cc3)c12. The fourth-order valence-corrected chi connectivity index (χ4v) is 3.77. The second kappa shape index (κ2) is 8.27. The van der Waals surface area contributed by atoms with E-state index < -0.39 is 11.1 Å². The monoisotopic (exact) mass is 414 g/mol. The average Bonchev–Trinajstić information content (AvgIpc) is 2.74. The van der Waals surface area contributed by atoms with Crippen LogP contribution in [-0.4, -0.2) is 48.5 Å². The summed E-state index contributed by atoms with van der Waals surface area (Å²) in [6, 6.07) is 7.89. The highest BCUT2D eigenvalue weighted by atomic mass is 32.2. The third-order valence-electron chi connectivity index (χ3n) is 5.07. The Labute approximate surface area is 169 Å². The van der Waals surface area contributed by atoms with E-state index in [4.69, 9.17) is 0 Å². The van der Waals surface area contributed by atoms with Crippen molar-refractivity contribution in [2.75, 3.05) is 29.9 Å². The van der Waals surface area contributed by atoms with Gasteiger partial charge in [-0.15, -0.1) is 0 Å². The number of H-pyrrole nitrogens is 1. The van der Waals surface area contributed by atoms with Crippen LogP contribution in [0.4, 0.5) is 17.5 Å². The van der Waals surface area contributed by atoms with Crippen LogP contribution in [0.1, 0.15) is 12.8 Å². The maximum Gasteiger partial charge on any atom is 0.261 e. The van der Waals surface area contributed by atoms with Gasteiger partial charge in [-0.05, 0) is 60.2 Å². The molecule has 1 fully saturated rings. The molecule has 29 heavy (non-hydrogen) atoms. The average molecular weight is 414 g/mol. The molecule has 152 valence electrons. The van der Waals surface area contributed by atoms with Gasteiger partial charge in [-0.2, -0.15) is 4.98 Å². The summed E-state index contributed by atoms with van der Waals surface area (Å²) in [5.74, 6) is 1.16. The number of aromatic nitrogens is 3. The summed E-state index contributed by atoms with van der Waals surface area (Å²) in [5.41, 5.74) is 0.808. The molecule has 0 amide bonds. The van der Waals surface area contributed by atoms with Crippen molar-refractivity contribution in [1.29, 1.82) is 0 Å². The summed E-state index contributed by atoms with van der Waals surface area (Å²) in [4.78, 5) is 26.4. The van der Waals surface area contributed by atoms with Gasteiger partial charge < -0.3 is 24.9 Å². The number of anilines is 3. The number of aromatic amines is 1. The number of aliphatic hydroxyl groups is 1. The van der Waals surface area contributed by atoms with E-state index in [1.807, 2.05) is 4.90 Å². The lowest BCUT2D eigenvalue weighted by atomic mass is 9.98. The maximum absolute atomic E-state index is 12.4. The summed E-state index contributed by atoms with van der Waals surface area (Å²) >= 11 is -2.30. The first kappa shape index (κ1) is 19.5. The molecule has 3 aromatic rings. The first-order chi connectivity index (χ1) is 14.0. The lowest BCUT2D eigenvalue weighted by molar-refractivity contribution is 0.202. The van der Waals surface area contributed by atoms with Gasteiger partial charge in [-0.25, -0.2) is 4.98 Å². The van der Waals surface area contributed by atoms with Gasteiger partial charge >= 0.3 is 0 Å². The number of hydrogen-bond acceptors (Lipinski definition) is 8. The van der Waals surface area contributed by atoms with Gasteiger partial charge in [0.05, 0.1) is 5.52 Å². The first-order valence-corrected chi connectivity index (χ1v) is 10.3. The number of hydrogen-bond donors (Lipinski definition) is 3. The Morgan fingerprint density at radius 3 is 2.59 bits per heavy atom. The van der Waals surface area contributed by atoms with E-state index in [1.54, 1.807) is 24.4 Å². The van der Waals surface area contributed by atoms with E-state index in [2.05, 4.69) is 20.3 Å².